The van der Waals surface area contributed by atoms with Crippen LogP contribution in [-0.2, 0) is 16.1 Å². The van der Waals surface area contributed by atoms with Crippen molar-refractivity contribution < 1.29 is 9.59 Å². The number of piperidine rings is 1. The summed E-state index contributed by atoms with van der Waals surface area (Å²) in [6, 6.07) is 2.17. The van der Waals surface area contributed by atoms with E-state index in [1.165, 1.54) is 5.56 Å². The number of nitrogens with zero attached hydrogens (tertiary/aromatic N) is 1. The summed E-state index contributed by atoms with van der Waals surface area (Å²) in [5.74, 6) is -0.213. The molecule has 0 spiro atoms. The topological polar surface area (TPSA) is 61.4 Å². The molecule has 0 unspecified atom stereocenters. The van der Waals surface area contributed by atoms with Gasteiger partial charge in [0.05, 0.1) is 0 Å². The van der Waals surface area contributed by atoms with Gasteiger partial charge in [0.1, 0.15) is 0 Å². The molecule has 2 rings (SSSR count). The van der Waals surface area contributed by atoms with Crippen LogP contribution in [-0.4, -0.2) is 42.9 Å². The molecule has 23 heavy (non-hydrogen) atoms. The van der Waals surface area contributed by atoms with Crippen LogP contribution in [0.1, 0.15) is 32.3 Å². The Morgan fingerprint density at radius 3 is 2.57 bits per heavy atom. The maximum atomic E-state index is 11.7. The molecule has 1 fully saturated rings. The van der Waals surface area contributed by atoms with Gasteiger partial charge in [0.15, 0.2) is 0 Å². The van der Waals surface area contributed by atoms with E-state index in [9.17, 15) is 9.59 Å². The molecule has 0 atom stereocenters. The van der Waals surface area contributed by atoms with E-state index in [0.29, 0.717) is 24.9 Å². The fourth-order valence-electron chi connectivity index (χ4n) is 2.68. The Bertz CT molecular complexity index is 494. The summed E-state index contributed by atoms with van der Waals surface area (Å²) < 4.78 is 0. The Kier molecular flexibility index (Phi) is 7.05. The van der Waals surface area contributed by atoms with Crippen LogP contribution in [0.15, 0.2) is 16.8 Å². The first kappa shape index (κ1) is 17.9. The van der Waals surface area contributed by atoms with Gasteiger partial charge in [0, 0.05) is 19.6 Å². The molecule has 1 saturated heterocycles. The van der Waals surface area contributed by atoms with Crippen LogP contribution in [0, 0.1) is 11.8 Å². The molecule has 0 saturated carbocycles. The van der Waals surface area contributed by atoms with E-state index in [4.69, 9.17) is 0 Å². The molecule has 128 valence electrons. The number of carbonyl (C=O) groups excluding carboxylic acids is 2. The van der Waals surface area contributed by atoms with E-state index in [1.807, 2.05) is 13.8 Å². The molecule has 0 aliphatic carbocycles. The number of thiophene rings is 1. The first-order chi connectivity index (χ1) is 11.0. The van der Waals surface area contributed by atoms with Crippen molar-refractivity contribution in [3.63, 3.8) is 0 Å². The molecule has 6 heteroatoms. The zero-order valence-corrected chi connectivity index (χ0v) is 14.8. The summed E-state index contributed by atoms with van der Waals surface area (Å²) in [5.41, 5.74) is 1.38. The summed E-state index contributed by atoms with van der Waals surface area (Å²) in [7, 11) is 0. The molecule has 0 radical (unpaired) electrons. The summed E-state index contributed by atoms with van der Waals surface area (Å²) in [6.07, 6.45) is 2.13. The number of carbonyl (C=O) groups is 2. The fourth-order valence-corrected chi connectivity index (χ4v) is 3.34. The van der Waals surface area contributed by atoms with Crippen molar-refractivity contribution in [1.82, 2.24) is 15.5 Å². The SMILES string of the molecule is CC(C)CNC(=O)C(=O)NCC1CCN(Cc2ccsc2)CC1. The van der Waals surface area contributed by atoms with E-state index in [2.05, 4.69) is 32.4 Å². The minimum atomic E-state index is -0.520. The molecule has 2 N–H and O–H groups in total. The molecule has 5 nitrogen and oxygen atoms in total. The molecule has 1 aliphatic rings. The van der Waals surface area contributed by atoms with Gasteiger partial charge in [-0.15, -0.1) is 0 Å². The Labute approximate surface area is 142 Å². The van der Waals surface area contributed by atoms with Gasteiger partial charge in [0.2, 0.25) is 0 Å². The maximum Gasteiger partial charge on any atom is 0.309 e. The van der Waals surface area contributed by atoms with Gasteiger partial charge in [-0.3, -0.25) is 14.5 Å². The first-order valence-corrected chi connectivity index (χ1v) is 9.28. The normalized spacial score (nSPS) is 16.5. The minimum Gasteiger partial charge on any atom is -0.348 e. The van der Waals surface area contributed by atoms with Crippen LogP contribution in [0.25, 0.3) is 0 Å². The van der Waals surface area contributed by atoms with Crippen LogP contribution in [0.2, 0.25) is 0 Å². The van der Waals surface area contributed by atoms with Crippen LogP contribution < -0.4 is 10.6 Å². The molecule has 0 bridgehead atoms. The van der Waals surface area contributed by atoms with Gasteiger partial charge in [-0.1, -0.05) is 13.8 Å². The number of likely N-dealkylation sites (tertiary alicyclic amines) is 1. The van der Waals surface area contributed by atoms with Crippen LogP contribution in [0.3, 0.4) is 0 Å². The summed E-state index contributed by atoms with van der Waals surface area (Å²) in [4.78, 5) is 25.8. The lowest BCUT2D eigenvalue weighted by atomic mass is 9.96. The zero-order valence-electron chi connectivity index (χ0n) is 14.0. The second-order valence-electron chi connectivity index (χ2n) is 6.67. The van der Waals surface area contributed by atoms with Gasteiger partial charge >= 0.3 is 11.8 Å². The number of hydrogen-bond acceptors (Lipinski definition) is 4. The van der Waals surface area contributed by atoms with Crippen LogP contribution in [0.5, 0.6) is 0 Å². The average molecular weight is 337 g/mol. The van der Waals surface area contributed by atoms with E-state index >= 15 is 0 Å². The standard InChI is InChI=1S/C17H27N3O2S/c1-13(2)9-18-16(21)17(22)19-10-14-3-6-20(7-4-14)11-15-5-8-23-12-15/h5,8,12-14H,3-4,6-7,9-11H2,1-2H3,(H,18,21)(H,19,22). The molecule has 1 aromatic rings. The largest absolute Gasteiger partial charge is 0.348 e. The summed E-state index contributed by atoms with van der Waals surface area (Å²) in [6.45, 7) is 8.25. The monoisotopic (exact) mass is 337 g/mol. The van der Waals surface area contributed by atoms with Crippen LogP contribution in [0.4, 0.5) is 0 Å². The Hall–Kier alpha value is -1.40. The zero-order chi connectivity index (χ0) is 16.7. The minimum absolute atomic E-state index is 0.347. The van der Waals surface area contributed by atoms with E-state index in [1.54, 1.807) is 11.3 Å². The van der Waals surface area contributed by atoms with E-state index < -0.39 is 11.8 Å². The lowest BCUT2D eigenvalue weighted by Crippen LogP contribution is -2.44. The Morgan fingerprint density at radius 1 is 1.26 bits per heavy atom. The summed E-state index contributed by atoms with van der Waals surface area (Å²) >= 11 is 1.74. The van der Waals surface area contributed by atoms with Crippen molar-refractivity contribution in [2.45, 2.75) is 33.2 Å². The molecule has 1 aliphatic heterocycles. The van der Waals surface area contributed by atoms with Gasteiger partial charge in [0.25, 0.3) is 0 Å². The Morgan fingerprint density at radius 2 is 1.96 bits per heavy atom. The van der Waals surface area contributed by atoms with Crippen molar-refractivity contribution in [1.29, 1.82) is 0 Å². The smallest absolute Gasteiger partial charge is 0.309 e. The number of hydrogen-bond donors (Lipinski definition) is 2. The highest BCUT2D eigenvalue weighted by atomic mass is 32.1. The van der Waals surface area contributed by atoms with Gasteiger partial charge in [-0.25, -0.2) is 0 Å². The second kappa shape index (κ2) is 9.03. The predicted octanol–water partition coefficient (Wildman–Crippen LogP) is 1.85. The predicted molar refractivity (Wildman–Crippen MR) is 93.2 cm³/mol. The molecule has 1 aromatic heterocycles. The quantitative estimate of drug-likeness (QED) is 0.779. The first-order valence-electron chi connectivity index (χ1n) is 8.34. The number of nitrogens with one attached hydrogen (secondary N) is 2. The molecular weight excluding hydrogens is 310 g/mol. The molecular formula is C17H27N3O2S. The van der Waals surface area contributed by atoms with Crippen molar-refractivity contribution in [2.24, 2.45) is 11.8 Å². The lowest BCUT2D eigenvalue weighted by molar-refractivity contribution is -0.139. The van der Waals surface area contributed by atoms with Gasteiger partial charge in [-0.2, -0.15) is 11.3 Å². The highest BCUT2D eigenvalue weighted by Gasteiger charge is 2.21. The van der Waals surface area contributed by atoms with Gasteiger partial charge in [-0.05, 0) is 60.2 Å². The average Bonchev–Trinajstić information content (AvgIpc) is 3.04. The van der Waals surface area contributed by atoms with E-state index in [-0.39, 0.29) is 0 Å². The highest BCUT2D eigenvalue weighted by Crippen LogP contribution is 2.19. The number of amides is 2. The lowest BCUT2D eigenvalue weighted by Gasteiger charge is -2.31. The fraction of sp³-hybridized carbons (Fsp3) is 0.647. The number of rotatable bonds is 6. The molecule has 2 amide bonds. The van der Waals surface area contributed by atoms with Crippen molar-refractivity contribution in [3.05, 3.63) is 22.4 Å². The van der Waals surface area contributed by atoms with Crippen molar-refractivity contribution in [3.8, 4) is 0 Å². The second-order valence-corrected chi connectivity index (χ2v) is 7.45. The third kappa shape index (κ3) is 6.31. The van der Waals surface area contributed by atoms with Gasteiger partial charge < -0.3 is 10.6 Å². The van der Waals surface area contributed by atoms with Crippen molar-refractivity contribution >= 4 is 23.2 Å². The maximum absolute atomic E-state index is 11.7. The third-order valence-corrected chi connectivity index (χ3v) is 4.85. The summed E-state index contributed by atoms with van der Waals surface area (Å²) in [5, 5.41) is 9.72. The highest BCUT2D eigenvalue weighted by molar-refractivity contribution is 7.07. The molecule has 0 aromatic carbocycles. The van der Waals surface area contributed by atoms with Crippen molar-refractivity contribution in [2.75, 3.05) is 26.2 Å². The Balaban J connectivity index is 1.62. The van der Waals surface area contributed by atoms with E-state index in [0.717, 1.165) is 32.5 Å². The third-order valence-electron chi connectivity index (χ3n) is 4.12. The molecule has 2 heterocycles. The van der Waals surface area contributed by atoms with Crippen LogP contribution >= 0.6 is 11.3 Å².